The number of ether oxygens (including phenoxy) is 1. The Kier molecular flexibility index (Phi) is 5.05. The Morgan fingerprint density at radius 1 is 1.24 bits per heavy atom. The molecule has 29 heavy (non-hydrogen) atoms. The van der Waals surface area contributed by atoms with E-state index in [4.69, 9.17) is 10.5 Å². The molecule has 1 saturated heterocycles. The summed E-state index contributed by atoms with van der Waals surface area (Å²) in [6, 6.07) is 4.47. The molecular weight excluding hydrogens is 405 g/mol. The van der Waals surface area contributed by atoms with Crippen LogP contribution < -0.4 is 11.1 Å². The maximum atomic E-state index is 14.8. The molecule has 0 unspecified atom stereocenters. The summed E-state index contributed by atoms with van der Waals surface area (Å²) in [5.74, 6) is -3.44. The first kappa shape index (κ1) is 19.5. The maximum absolute atomic E-state index is 14.8. The first-order valence-corrected chi connectivity index (χ1v) is 9.49. The third-order valence-corrected chi connectivity index (χ3v) is 5.41. The van der Waals surface area contributed by atoms with Crippen LogP contribution in [0, 0.1) is 17.5 Å². The van der Waals surface area contributed by atoms with Crippen molar-refractivity contribution < 1.29 is 22.7 Å². The van der Waals surface area contributed by atoms with Crippen LogP contribution in [0.15, 0.2) is 46.4 Å². The highest BCUT2D eigenvalue weighted by Crippen LogP contribution is 2.44. The fourth-order valence-electron chi connectivity index (χ4n) is 3.31. The van der Waals surface area contributed by atoms with Crippen molar-refractivity contribution in [3.63, 3.8) is 0 Å². The summed E-state index contributed by atoms with van der Waals surface area (Å²) in [5, 5.41) is 4.56. The number of nitrogens with two attached hydrogens (primary N) is 1. The highest BCUT2D eigenvalue weighted by molar-refractivity contribution is 8.16. The van der Waals surface area contributed by atoms with Gasteiger partial charge in [-0.1, -0.05) is 11.8 Å². The van der Waals surface area contributed by atoms with Gasteiger partial charge in [0.1, 0.15) is 17.2 Å². The number of hydrogen-bond acceptors (Lipinski definition) is 6. The number of rotatable bonds is 3. The number of carbonyl (C=O) groups excluding carboxylic acids is 1. The first-order chi connectivity index (χ1) is 13.9. The molecule has 0 spiro atoms. The second kappa shape index (κ2) is 7.53. The summed E-state index contributed by atoms with van der Waals surface area (Å²) in [6.07, 6.45) is 1.30. The second-order valence-corrected chi connectivity index (χ2v) is 7.40. The van der Waals surface area contributed by atoms with Gasteiger partial charge in [-0.2, -0.15) is 0 Å². The quantitative estimate of drug-likeness (QED) is 0.795. The maximum Gasteiger partial charge on any atom is 0.277 e. The topological polar surface area (TPSA) is 89.6 Å². The molecule has 0 radical (unpaired) electrons. The standard InChI is InChI=1S/C19H15F3N4O2S/c20-11-5-15(22)16(24-7-11)17(27)25-12-1-2-14(21)13(6-12)19-9-28-4-3-10(19)8-29-18(23)26-19/h1-2,5-8H,3-4,9H2,(H2,23,26)(H,25,27)/t19-/m0/s1. The molecule has 1 atom stereocenters. The van der Waals surface area contributed by atoms with Gasteiger partial charge in [-0.25, -0.2) is 23.1 Å². The van der Waals surface area contributed by atoms with Crippen LogP contribution in [-0.2, 0) is 10.3 Å². The second-order valence-electron chi connectivity index (χ2n) is 6.51. The van der Waals surface area contributed by atoms with Gasteiger partial charge in [0.05, 0.1) is 19.4 Å². The van der Waals surface area contributed by atoms with E-state index in [-0.39, 0.29) is 23.0 Å². The van der Waals surface area contributed by atoms with E-state index in [0.29, 0.717) is 19.1 Å². The van der Waals surface area contributed by atoms with Crippen LogP contribution in [0.2, 0.25) is 0 Å². The minimum absolute atomic E-state index is 0.0998. The average Bonchev–Trinajstić information content (AvgIpc) is 2.69. The Morgan fingerprint density at radius 2 is 2.07 bits per heavy atom. The molecule has 1 amide bonds. The molecule has 1 aromatic carbocycles. The minimum atomic E-state index is -1.13. The van der Waals surface area contributed by atoms with Crippen LogP contribution in [0.25, 0.3) is 0 Å². The minimum Gasteiger partial charge on any atom is -0.378 e. The number of thioether (sulfide) groups is 1. The van der Waals surface area contributed by atoms with Crippen LogP contribution >= 0.6 is 11.8 Å². The van der Waals surface area contributed by atoms with Crippen molar-refractivity contribution in [1.82, 2.24) is 4.98 Å². The molecule has 3 N–H and O–H groups in total. The zero-order chi connectivity index (χ0) is 20.6. The lowest BCUT2D eigenvalue weighted by Gasteiger charge is -2.39. The number of nitrogens with zero attached hydrogens (tertiary/aromatic N) is 2. The van der Waals surface area contributed by atoms with Gasteiger partial charge < -0.3 is 15.8 Å². The summed E-state index contributed by atoms with van der Waals surface area (Å²) in [4.78, 5) is 20.3. The monoisotopic (exact) mass is 420 g/mol. The molecule has 6 nitrogen and oxygen atoms in total. The molecule has 2 aliphatic rings. The van der Waals surface area contributed by atoms with Crippen LogP contribution in [0.1, 0.15) is 22.5 Å². The van der Waals surface area contributed by atoms with Crippen molar-refractivity contribution in [1.29, 1.82) is 0 Å². The predicted molar refractivity (Wildman–Crippen MR) is 103 cm³/mol. The predicted octanol–water partition coefficient (Wildman–Crippen LogP) is 3.31. The number of pyridine rings is 1. The molecule has 1 aromatic heterocycles. The van der Waals surface area contributed by atoms with E-state index in [0.717, 1.165) is 11.8 Å². The first-order valence-electron chi connectivity index (χ1n) is 8.61. The zero-order valence-electron chi connectivity index (χ0n) is 14.9. The number of aromatic nitrogens is 1. The molecule has 2 aliphatic heterocycles. The lowest BCUT2D eigenvalue weighted by molar-refractivity contribution is 0.0688. The van der Waals surface area contributed by atoms with Crippen molar-refractivity contribution in [2.24, 2.45) is 10.7 Å². The smallest absolute Gasteiger partial charge is 0.277 e. The molecule has 2 aromatic rings. The number of benzene rings is 1. The van der Waals surface area contributed by atoms with E-state index >= 15 is 0 Å². The number of nitrogens with one attached hydrogen (secondary N) is 1. The largest absolute Gasteiger partial charge is 0.378 e. The van der Waals surface area contributed by atoms with Gasteiger partial charge in [-0.3, -0.25) is 4.79 Å². The van der Waals surface area contributed by atoms with Gasteiger partial charge in [0.15, 0.2) is 16.7 Å². The third kappa shape index (κ3) is 3.60. The lowest BCUT2D eigenvalue weighted by Crippen LogP contribution is -2.40. The van der Waals surface area contributed by atoms with Crippen LogP contribution in [0.4, 0.5) is 18.9 Å². The summed E-state index contributed by atoms with van der Waals surface area (Å²) < 4.78 is 47.2. The Labute approximate surface area is 168 Å². The fraction of sp³-hybridized carbons (Fsp3) is 0.211. The fourth-order valence-corrected chi connectivity index (χ4v) is 4.10. The summed E-state index contributed by atoms with van der Waals surface area (Å²) in [6.45, 7) is 0.583. The van der Waals surface area contributed by atoms with Gasteiger partial charge in [-0.15, -0.1) is 0 Å². The molecule has 4 rings (SSSR count). The molecule has 0 aliphatic carbocycles. The average molecular weight is 420 g/mol. The van der Waals surface area contributed by atoms with Crippen LogP contribution in [0.5, 0.6) is 0 Å². The molecule has 0 bridgehead atoms. The SMILES string of the molecule is NC1=N[C@@]2(c3cc(NC(=O)c4ncc(F)cc4F)ccc3F)COCCC2=CS1. The van der Waals surface area contributed by atoms with Crippen molar-refractivity contribution in [3.8, 4) is 0 Å². The molecule has 0 saturated carbocycles. The van der Waals surface area contributed by atoms with E-state index < -0.39 is 34.6 Å². The van der Waals surface area contributed by atoms with Gasteiger partial charge in [-0.05, 0) is 35.6 Å². The van der Waals surface area contributed by atoms with Crippen LogP contribution in [-0.4, -0.2) is 29.3 Å². The molecule has 1 fully saturated rings. The molecule has 150 valence electrons. The highest BCUT2D eigenvalue weighted by atomic mass is 32.2. The summed E-state index contributed by atoms with van der Waals surface area (Å²) in [7, 11) is 0. The van der Waals surface area contributed by atoms with E-state index in [1.165, 1.54) is 30.0 Å². The number of amides is 1. The number of carbonyl (C=O) groups is 1. The van der Waals surface area contributed by atoms with Gasteiger partial charge in [0.2, 0.25) is 0 Å². The number of aliphatic imine (C=N–C) groups is 1. The highest BCUT2D eigenvalue weighted by Gasteiger charge is 2.43. The number of halogens is 3. The van der Waals surface area contributed by atoms with E-state index in [9.17, 15) is 18.0 Å². The molecular formula is C19H15F3N4O2S. The Balaban J connectivity index is 1.70. The third-order valence-electron chi connectivity index (χ3n) is 4.67. The van der Waals surface area contributed by atoms with Crippen molar-refractivity contribution in [3.05, 3.63) is 70.2 Å². The number of amidine groups is 1. The normalized spacial score (nSPS) is 21.1. The van der Waals surface area contributed by atoms with Gasteiger partial charge in [0.25, 0.3) is 5.91 Å². The van der Waals surface area contributed by atoms with Crippen molar-refractivity contribution in [2.75, 3.05) is 18.5 Å². The number of anilines is 1. The summed E-state index contributed by atoms with van der Waals surface area (Å²) in [5.41, 5.74) is 5.41. The Morgan fingerprint density at radius 3 is 2.86 bits per heavy atom. The lowest BCUT2D eigenvalue weighted by atomic mass is 9.81. The zero-order valence-corrected chi connectivity index (χ0v) is 15.7. The van der Waals surface area contributed by atoms with E-state index in [2.05, 4.69) is 15.3 Å². The van der Waals surface area contributed by atoms with Crippen molar-refractivity contribution in [2.45, 2.75) is 12.0 Å². The Hall–Kier alpha value is -2.85. The molecule has 3 heterocycles. The summed E-state index contributed by atoms with van der Waals surface area (Å²) >= 11 is 1.26. The Bertz CT molecular complexity index is 1060. The van der Waals surface area contributed by atoms with Crippen molar-refractivity contribution >= 4 is 28.5 Å². The number of fused-ring (bicyclic) bond motifs is 1. The van der Waals surface area contributed by atoms with E-state index in [1.807, 2.05) is 5.41 Å². The number of hydrogen-bond donors (Lipinski definition) is 2. The van der Waals surface area contributed by atoms with Crippen LogP contribution in [0.3, 0.4) is 0 Å². The van der Waals surface area contributed by atoms with Gasteiger partial charge >= 0.3 is 0 Å². The molecule has 10 heteroatoms. The van der Waals surface area contributed by atoms with Gasteiger partial charge in [0, 0.05) is 17.3 Å². The van der Waals surface area contributed by atoms with E-state index in [1.54, 1.807) is 0 Å².